The quantitative estimate of drug-likeness (QED) is 0.640. The van der Waals surface area contributed by atoms with Crippen LogP contribution >= 0.6 is 0 Å². The third kappa shape index (κ3) is 3.17. The second-order valence-electron chi connectivity index (χ2n) is 5.04. The van der Waals surface area contributed by atoms with Gasteiger partial charge < -0.3 is 10.1 Å². The van der Waals surface area contributed by atoms with Gasteiger partial charge in [0.25, 0.3) is 5.91 Å². The topological polar surface area (TPSA) is 52.9 Å². The SMILES string of the molecule is CC1CN(C(=O)c2ccccc2C(F)(F)F)CC/C1=N\O. The first kappa shape index (κ1) is 15.3. The van der Waals surface area contributed by atoms with Crippen molar-refractivity contribution in [2.24, 2.45) is 11.1 Å². The van der Waals surface area contributed by atoms with Crippen molar-refractivity contribution in [2.75, 3.05) is 13.1 Å². The molecule has 1 unspecified atom stereocenters. The van der Waals surface area contributed by atoms with E-state index in [-0.39, 0.29) is 24.6 Å². The zero-order chi connectivity index (χ0) is 15.6. The van der Waals surface area contributed by atoms with Crippen LogP contribution in [0, 0.1) is 5.92 Å². The van der Waals surface area contributed by atoms with Gasteiger partial charge in [0, 0.05) is 25.4 Å². The molecule has 1 aliphatic rings. The number of nitrogens with zero attached hydrogens (tertiary/aromatic N) is 2. The highest BCUT2D eigenvalue weighted by atomic mass is 19.4. The Morgan fingerprint density at radius 2 is 2.05 bits per heavy atom. The molecule has 0 radical (unpaired) electrons. The molecule has 0 bridgehead atoms. The number of carbonyl (C=O) groups excluding carboxylic acids is 1. The number of piperidine rings is 1. The average Bonchev–Trinajstić information content (AvgIpc) is 2.45. The van der Waals surface area contributed by atoms with E-state index in [1.807, 2.05) is 0 Å². The van der Waals surface area contributed by atoms with Gasteiger partial charge in [0.1, 0.15) is 0 Å². The summed E-state index contributed by atoms with van der Waals surface area (Å²) in [4.78, 5) is 13.7. The predicted octanol–water partition coefficient (Wildman–Crippen LogP) is 3.02. The van der Waals surface area contributed by atoms with Gasteiger partial charge in [0.15, 0.2) is 0 Å². The maximum atomic E-state index is 12.9. The number of hydrogen-bond donors (Lipinski definition) is 1. The van der Waals surface area contributed by atoms with Gasteiger partial charge in [0.05, 0.1) is 16.8 Å². The summed E-state index contributed by atoms with van der Waals surface area (Å²) < 4.78 is 38.8. The van der Waals surface area contributed by atoms with Crippen molar-refractivity contribution in [3.63, 3.8) is 0 Å². The molecule has 0 spiro atoms. The Labute approximate surface area is 119 Å². The van der Waals surface area contributed by atoms with Crippen LogP contribution in [0.2, 0.25) is 0 Å². The lowest BCUT2D eigenvalue weighted by Gasteiger charge is -2.32. The van der Waals surface area contributed by atoms with Crippen LogP contribution in [0.15, 0.2) is 29.4 Å². The summed E-state index contributed by atoms with van der Waals surface area (Å²) in [6.07, 6.45) is -4.21. The molecule has 114 valence electrons. The summed E-state index contributed by atoms with van der Waals surface area (Å²) >= 11 is 0. The lowest BCUT2D eigenvalue weighted by atomic mass is 9.96. The van der Waals surface area contributed by atoms with E-state index in [9.17, 15) is 18.0 Å². The van der Waals surface area contributed by atoms with E-state index in [2.05, 4.69) is 5.16 Å². The Kier molecular flexibility index (Phi) is 4.20. The second-order valence-corrected chi connectivity index (χ2v) is 5.04. The maximum absolute atomic E-state index is 12.9. The molecule has 7 heteroatoms. The summed E-state index contributed by atoms with van der Waals surface area (Å²) in [5.41, 5.74) is -0.714. The van der Waals surface area contributed by atoms with Crippen LogP contribution in [0.5, 0.6) is 0 Å². The van der Waals surface area contributed by atoms with Crippen LogP contribution in [0.25, 0.3) is 0 Å². The Morgan fingerprint density at radius 3 is 2.62 bits per heavy atom. The van der Waals surface area contributed by atoms with Crippen LogP contribution in [-0.4, -0.2) is 34.8 Å². The normalized spacial score (nSPS) is 21.6. The number of rotatable bonds is 1. The Hall–Kier alpha value is -2.05. The van der Waals surface area contributed by atoms with E-state index in [1.165, 1.54) is 23.1 Å². The molecule has 1 heterocycles. The van der Waals surface area contributed by atoms with Crippen molar-refractivity contribution >= 4 is 11.6 Å². The first-order valence-electron chi connectivity index (χ1n) is 6.51. The summed E-state index contributed by atoms with van der Waals surface area (Å²) in [5, 5.41) is 11.9. The summed E-state index contributed by atoms with van der Waals surface area (Å²) in [5.74, 6) is -0.822. The fourth-order valence-electron chi connectivity index (χ4n) is 2.44. The summed E-state index contributed by atoms with van der Waals surface area (Å²) in [6, 6.07) is 4.76. The zero-order valence-corrected chi connectivity index (χ0v) is 11.4. The summed E-state index contributed by atoms with van der Waals surface area (Å²) in [7, 11) is 0. The fourth-order valence-corrected chi connectivity index (χ4v) is 2.44. The molecular formula is C14H15F3N2O2. The Morgan fingerprint density at radius 1 is 1.38 bits per heavy atom. The number of hydrogen-bond acceptors (Lipinski definition) is 3. The molecule has 0 saturated carbocycles. The molecule has 1 atom stereocenters. The van der Waals surface area contributed by atoms with Gasteiger partial charge in [-0.1, -0.05) is 24.2 Å². The van der Waals surface area contributed by atoms with Crippen LogP contribution in [0.3, 0.4) is 0 Å². The van der Waals surface area contributed by atoms with Gasteiger partial charge in [-0.05, 0) is 12.1 Å². The van der Waals surface area contributed by atoms with Gasteiger partial charge in [-0.3, -0.25) is 4.79 Å². The Bertz CT molecular complexity index is 570. The standard InChI is InChI=1S/C14H15F3N2O2/c1-9-8-19(7-6-12(9)18-21)13(20)10-4-2-3-5-11(10)14(15,16)17/h2-5,9,21H,6-8H2,1H3/b18-12+. The highest BCUT2D eigenvalue weighted by Gasteiger charge is 2.36. The summed E-state index contributed by atoms with van der Waals surface area (Å²) in [6.45, 7) is 2.25. The largest absolute Gasteiger partial charge is 0.417 e. The molecule has 1 N–H and O–H groups in total. The van der Waals surface area contributed by atoms with Crippen molar-refractivity contribution < 1.29 is 23.2 Å². The smallest absolute Gasteiger partial charge is 0.411 e. The van der Waals surface area contributed by atoms with Crippen molar-refractivity contribution in [2.45, 2.75) is 19.5 Å². The molecule has 1 aromatic rings. The van der Waals surface area contributed by atoms with Gasteiger partial charge >= 0.3 is 6.18 Å². The molecule has 1 fully saturated rings. The number of oxime groups is 1. The number of halogens is 3. The number of likely N-dealkylation sites (tertiary alicyclic amines) is 1. The molecule has 0 aromatic heterocycles. The van der Waals surface area contributed by atoms with E-state index < -0.39 is 17.6 Å². The van der Waals surface area contributed by atoms with Crippen LogP contribution in [0.1, 0.15) is 29.3 Å². The van der Waals surface area contributed by atoms with Crippen molar-refractivity contribution in [3.05, 3.63) is 35.4 Å². The number of alkyl halides is 3. The highest BCUT2D eigenvalue weighted by molar-refractivity contribution is 5.97. The van der Waals surface area contributed by atoms with E-state index >= 15 is 0 Å². The monoisotopic (exact) mass is 300 g/mol. The minimum Gasteiger partial charge on any atom is -0.411 e. The molecule has 1 aromatic carbocycles. The van der Waals surface area contributed by atoms with Crippen LogP contribution in [-0.2, 0) is 6.18 Å². The highest BCUT2D eigenvalue weighted by Crippen LogP contribution is 2.32. The predicted molar refractivity (Wildman–Crippen MR) is 70.4 cm³/mol. The molecule has 2 rings (SSSR count). The second kappa shape index (κ2) is 5.75. The lowest BCUT2D eigenvalue weighted by Crippen LogP contribution is -2.43. The number of amides is 1. The van der Waals surface area contributed by atoms with Crippen LogP contribution in [0.4, 0.5) is 13.2 Å². The molecule has 1 saturated heterocycles. The molecule has 0 aliphatic carbocycles. The minimum absolute atomic E-state index is 0.175. The number of benzene rings is 1. The van der Waals surface area contributed by atoms with E-state index in [1.54, 1.807) is 6.92 Å². The third-order valence-corrected chi connectivity index (χ3v) is 3.58. The first-order chi connectivity index (χ1) is 9.84. The van der Waals surface area contributed by atoms with Crippen molar-refractivity contribution in [1.29, 1.82) is 0 Å². The third-order valence-electron chi connectivity index (χ3n) is 3.58. The maximum Gasteiger partial charge on any atom is 0.417 e. The van der Waals surface area contributed by atoms with Crippen LogP contribution < -0.4 is 0 Å². The van der Waals surface area contributed by atoms with Crippen molar-refractivity contribution in [1.82, 2.24) is 4.90 Å². The molecule has 21 heavy (non-hydrogen) atoms. The molecule has 1 aliphatic heterocycles. The fraction of sp³-hybridized carbons (Fsp3) is 0.429. The molecule has 4 nitrogen and oxygen atoms in total. The van der Waals surface area contributed by atoms with E-state index in [0.29, 0.717) is 12.1 Å². The minimum atomic E-state index is -4.56. The van der Waals surface area contributed by atoms with Gasteiger partial charge in [-0.2, -0.15) is 13.2 Å². The number of carbonyl (C=O) groups is 1. The molecular weight excluding hydrogens is 285 g/mol. The van der Waals surface area contributed by atoms with E-state index in [4.69, 9.17) is 5.21 Å². The van der Waals surface area contributed by atoms with Crippen molar-refractivity contribution in [3.8, 4) is 0 Å². The van der Waals surface area contributed by atoms with Gasteiger partial charge in [-0.15, -0.1) is 0 Å². The lowest BCUT2D eigenvalue weighted by molar-refractivity contribution is -0.138. The van der Waals surface area contributed by atoms with Gasteiger partial charge in [-0.25, -0.2) is 0 Å². The average molecular weight is 300 g/mol. The zero-order valence-electron chi connectivity index (χ0n) is 11.4. The van der Waals surface area contributed by atoms with E-state index in [0.717, 1.165) is 6.07 Å². The Balaban J connectivity index is 2.26. The van der Waals surface area contributed by atoms with Gasteiger partial charge in [0.2, 0.25) is 0 Å². The molecule has 1 amide bonds. The first-order valence-corrected chi connectivity index (χ1v) is 6.51.